The number of carbonyl (C=O) groups is 1. The first kappa shape index (κ1) is 17.4. The number of nitro groups is 1. The van der Waals surface area contributed by atoms with Crippen LogP contribution >= 0.6 is 0 Å². The van der Waals surface area contributed by atoms with Crippen LogP contribution in [0.4, 0.5) is 5.69 Å². The normalized spacial score (nSPS) is 16.3. The van der Waals surface area contributed by atoms with Crippen LogP contribution in [0.3, 0.4) is 0 Å². The molecule has 126 valence electrons. The number of hydrogen-bond donors (Lipinski definition) is 1. The van der Waals surface area contributed by atoms with Crippen LogP contribution in [0.1, 0.15) is 18.4 Å². The van der Waals surface area contributed by atoms with Crippen LogP contribution in [0, 0.1) is 10.1 Å². The maximum Gasteiger partial charge on any atom is 0.269 e. The van der Waals surface area contributed by atoms with E-state index < -0.39 is 0 Å². The number of likely N-dealkylation sites (tertiary alicyclic amines) is 1. The van der Waals surface area contributed by atoms with Gasteiger partial charge in [-0.15, -0.1) is 0 Å². The molecule has 2 rings (SSSR count). The van der Waals surface area contributed by atoms with E-state index in [-0.39, 0.29) is 16.5 Å². The molecule has 1 amide bonds. The molecule has 0 aliphatic carbocycles. The number of nitrogens with zero attached hydrogens (tertiary/aromatic N) is 3. The second-order valence-corrected chi connectivity index (χ2v) is 6.14. The Bertz CT molecular complexity index is 537. The minimum absolute atomic E-state index is 0.118. The van der Waals surface area contributed by atoms with E-state index >= 15 is 0 Å². The van der Waals surface area contributed by atoms with Gasteiger partial charge in [-0.2, -0.15) is 0 Å². The number of hydrogen-bond acceptors (Lipinski definition) is 5. The minimum atomic E-state index is -0.387. The molecule has 1 aromatic rings. The van der Waals surface area contributed by atoms with Crippen molar-refractivity contribution in [1.82, 2.24) is 15.1 Å². The van der Waals surface area contributed by atoms with E-state index in [2.05, 4.69) is 10.2 Å². The topological polar surface area (TPSA) is 78.7 Å². The van der Waals surface area contributed by atoms with E-state index in [1.165, 1.54) is 12.1 Å². The number of carbonyl (C=O) groups excluding carboxylic acids is 1. The zero-order valence-corrected chi connectivity index (χ0v) is 13.7. The van der Waals surface area contributed by atoms with Crippen molar-refractivity contribution in [2.75, 3.05) is 33.7 Å². The van der Waals surface area contributed by atoms with Crippen molar-refractivity contribution in [3.8, 4) is 0 Å². The zero-order chi connectivity index (χ0) is 16.8. The molecule has 1 N–H and O–H groups in total. The van der Waals surface area contributed by atoms with Gasteiger partial charge in [0.2, 0.25) is 5.91 Å². The summed E-state index contributed by atoms with van der Waals surface area (Å²) < 4.78 is 0. The van der Waals surface area contributed by atoms with Crippen molar-refractivity contribution in [2.45, 2.75) is 25.4 Å². The Morgan fingerprint density at radius 2 is 1.91 bits per heavy atom. The SMILES string of the molecule is CN(C)C(=O)CN1CCC(NCc2ccc([N+](=O)[O-])cc2)CC1. The average molecular weight is 320 g/mol. The van der Waals surface area contributed by atoms with E-state index in [0.717, 1.165) is 31.5 Å². The van der Waals surface area contributed by atoms with Gasteiger partial charge in [0.15, 0.2) is 0 Å². The van der Waals surface area contributed by atoms with Crippen LogP contribution in [-0.2, 0) is 11.3 Å². The van der Waals surface area contributed by atoms with E-state index in [9.17, 15) is 14.9 Å². The van der Waals surface area contributed by atoms with Gasteiger partial charge in [-0.25, -0.2) is 0 Å². The summed E-state index contributed by atoms with van der Waals surface area (Å²) in [6.07, 6.45) is 2.02. The molecule has 1 aliphatic rings. The Morgan fingerprint density at radius 1 is 1.30 bits per heavy atom. The number of likely N-dealkylation sites (N-methyl/N-ethyl adjacent to an activating group) is 1. The summed E-state index contributed by atoms with van der Waals surface area (Å²) in [7, 11) is 3.56. The van der Waals surface area contributed by atoms with E-state index in [4.69, 9.17) is 0 Å². The number of nitrogens with one attached hydrogen (secondary N) is 1. The maximum absolute atomic E-state index is 11.7. The molecule has 1 fully saturated rings. The van der Waals surface area contributed by atoms with Gasteiger partial charge in [-0.3, -0.25) is 19.8 Å². The highest BCUT2D eigenvalue weighted by atomic mass is 16.6. The van der Waals surface area contributed by atoms with Gasteiger partial charge in [0.05, 0.1) is 11.5 Å². The third-order valence-corrected chi connectivity index (χ3v) is 4.19. The van der Waals surface area contributed by atoms with Crippen molar-refractivity contribution in [2.24, 2.45) is 0 Å². The van der Waals surface area contributed by atoms with Crippen LogP contribution in [-0.4, -0.2) is 60.4 Å². The Hall–Kier alpha value is -1.99. The quantitative estimate of drug-likeness (QED) is 0.630. The molecule has 0 unspecified atom stereocenters. The van der Waals surface area contributed by atoms with E-state index in [0.29, 0.717) is 19.1 Å². The number of non-ortho nitro benzene ring substituents is 1. The first-order valence-electron chi connectivity index (χ1n) is 7.85. The zero-order valence-electron chi connectivity index (χ0n) is 13.7. The highest BCUT2D eigenvalue weighted by molar-refractivity contribution is 5.77. The molecule has 0 atom stereocenters. The molecule has 0 aromatic heterocycles. The second-order valence-electron chi connectivity index (χ2n) is 6.14. The molecule has 7 heteroatoms. The molecular formula is C16H24N4O3. The van der Waals surface area contributed by atoms with Crippen molar-refractivity contribution in [3.63, 3.8) is 0 Å². The van der Waals surface area contributed by atoms with Crippen molar-refractivity contribution in [1.29, 1.82) is 0 Å². The standard InChI is InChI=1S/C16H24N4O3/c1-18(2)16(21)12-19-9-7-14(8-10-19)17-11-13-3-5-15(6-4-13)20(22)23/h3-6,14,17H,7-12H2,1-2H3. The van der Waals surface area contributed by atoms with Gasteiger partial charge in [-0.05, 0) is 18.4 Å². The molecular weight excluding hydrogens is 296 g/mol. The number of benzene rings is 1. The first-order chi connectivity index (χ1) is 11.0. The molecule has 23 heavy (non-hydrogen) atoms. The predicted molar refractivity (Wildman–Crippen MR) is 88.1 cm³/mol. The number of amides is 1. The minimum Gasteiger partial charge on any atom is -0.348 e. The first-order valence-corrected chi connectivity index (χ1v) is 7.85. The Morgan fingerprint density at radius 3 is 2.43 bits per heavy atom. The van der Waals surface area contributed by atoms with Gasteiger partial charge in [-0.1, -0.05) is 12.1 Å². The number of rotatable bonds is 6. The van der Waals surface area contributed by atoms with Gasteiger partial charge >= 0.3 is 0 Å². The Balaban J connectivity index is 1.72. The summed E-state index contributed by atoms with van der Waals surface area (Å²) in [5.74, 6) is 0.141. The van der Waals surface area contributed by atoms with Crippen LogP contribution in [0.5, 0.6) is 0 Å². The maximum atomic E-state index is 11.7. The lowest BCUT2D eigenvalue weighted by Crippen LogP contribution is -2.45. The molecule has 0 bridgehead atoms. The van der Waals surface area contributed by atoms with Crippen LogP contribution in [0.25, 0.3) is 0 Å². The molecule has 7 nitrogen and oxygen atoms in total. The van der Waals surface area contributed by atoms with Crippen molar-refractivity contribution in [3.05, 3.63) is 39.9 Å². The average Bonchev–Trinajstić information content (AvgIpc) is 2.54. The highest BCUT2D eigenvalue weighted by Gasteiger charge is 2.21. The van der Waals surface area contributed by atoms with Crippen LogP contribution < -0.4 is 5.32 Å². The van der Waals surface area contributed by atoms with E-state index in [1.54, 1.807) is 31.1 Å². The molecule has 0 radical (unpaired) electrons. The lowest BCUT2D eigenvalue weighted by Gasteiger charge is -2.32. The Labute approximate surface area is 136 Å². The third kappa shape index (κ3) is 5.30. The molecule has 0 spiro atoms. The fourth-order valence-corrected chi connectivity index (χ4v) is 2.63. The third-order valence-electron chi connectivity index (χ3n) is 4.19. The summed E-state index contributed by atoms with van der Waals surface area (Å²) in [4.78, 5) is 25.7. The lowest BCUT2D eigenvalue weighted by molar-refractivity contribution is -0.384. The molecule has 1 heterocycles. The fourth-order valence-electron chi connectivity index (χ4n) is 2.63. The van der Waals surface area contributed by atoms with Crippen LogP contribution in [0.2, 0.25) is 0 Å². The largest absolute Gasteiger partial charge is 0.348 e. The van der Waals surface area contributed by atoms with Crippen molar-refractivity contribution < 1.29 is 9.72 Å². The smallest absolute Gasteiger partial charge is 0.269 e. The van der Waals surface area contributed by atoms with Gasteiger partial charge in [0.1, 0.15) is 0 Å². The molecule has 1 saturated heterocycles. The van der Waals surface area contributed by atoms with Crippen LogP contribution in [0.15, 0.2) is 24.3 Å². The van der Waals surface area contributed by atoms with Gasteiger partial charge in [0.25, 0.3) is 5.69 Å². The summed E-state index contributed by atoms with van der Waals surface area (Å²) in [6.45, 7) is 3.02. The van der Waals surface area contributed by atoms with Gasteiger partial charge < -0.3 is 10.2 Å². The summed E-state index contributed by atoms with van der Waals surface area (Å²) >= 11 is 0. The highest BCUT2D eigenvalue weighted by Crippen LogP contribution is 2.14. The van der Waals surface area contributed by atoms with Crippen molar-refractivity contribution >= 4 is 11.6 Å². The number of nitro benzene ring substituents is 1. The second kappa shape index (κ2) is 8.03. The summed E-state index contributed by atoms with van der Waals surface area (Å²) in [6, 6.07) is 7.07. The monoisotopic (exact) mass is 320 g/mol. The van der Waals surface area contributed by atoms with Gasteiger partial charge in [0, 0.05) is 51.9 Å². The summed E-state index contributed by atoms with van der Waals surface area (Å²) in [5.41, 5.74) is 1.16. The lowest BCUT2D eigenvalue weighted by atomic mass is 10.0. The summed E-state index contributed by atoms with van der Waals surface area (Å²) in [5, 5.41) is 14.1. The molecule has 1 aliphatic heterocycles. The Kier molecular flexibility index (Phi) is 6.06. The number of piperidine rings is 1. The molecule has 0 saturated carbocycles. The predicted octanol–water partition coefficient (Wildman–Crippen LogP) is 1.24. The fraction of sp³-hybridized carbons (Fsp3) is 0.562. The molecule has 1 aromatic carbocycles. The van der Waals surface area contributed by atoms with E-state index in [1.807, 2.05) is 0 Å².